The number of rotatable bonds is 13. The predicted octanol–water partition coefficient (Wildman–Crippen LogP) is 5.27. The standard InChI is InChI=1S/C33H34IN3O5S/c1-3-35-33(39)31(22-25-11-6-4-7-12-25)36(23-26-13-10-14-29(21-26)42-2)32(38)24-37(28-19-17-27(34)18-20-28)43(40,41)30-15-8-5-9-16-30/h4-21,31H,3,22-24H2,1-2H3,(H,35,39)/t31-/m1/s1. The van der Waals surface area contributed by atoms with Crippen molar-refractivity contribution in [2.45, 2.75) is 30.8 Å². The molecule has 0 aliphatic carbocycles. The van der Waals surface area contributed by atoms with Crippen LogP contribution in [0.25, 0.3) is 0 Å². The third kappa shape index (κ3) is 8.35. The fourth-order valence-corrected chi connectivity index (χ4v) is 6.46. The summed E-state index contributed by atoms with van der Waals surface area (Å²) >= 11 is 2.14. The molecule has 4 aromatic carbocycles. The molecule has 0 aliphatic rings. The van der Waals surface area contributed by atoms with Crippen LogP contribution in [0.5, 0.6) is 5.75 Å². The van der Waals surface area contributed by atoms with Gasteiger partial charge in [-0.15, -0.1) is 0 Å². The summed E-state index contributed by atoms with van der Waals surface area (Å²) in [6.07, 6.45) is 0.247. The predicted molar refractivity (Wildman–Crippen MR) is 176 cm³/mol. The third-order valence-corrected chi connectivity index (χ3v) is 9.34. The van der Waals surface area contributed by atoms with Crippen LogP contribution in [0, 0.1) is 3.57 Å². The zero-order valence-electron chi connectivity index (χ0n) is 24.0. The zero-order valence-corrected chi connectivity index (χ0v) is 27.0. The first-order valence-corrected chi connectivity index (χ1v) is 16.3. The Morgan fingerprint density at radius 2 is 1.49 bits per heavy atom. The number of sulfonamides is 1. The van der Waals surface area contributed by atoms with Gasteiger partial charge in [-0.2, -0.15) is 0 Å². The fraction of sp³-hybridized carbons (Fsp3) is 0.212. The Bertz CT molecular complexity index is 1620. The lowest BCUT2D eigenvalue weighted by Crippen LogP contribution is -2.53. The van der Waals surface area contributed by atoms with E-state index in [9.17, 15) is 18.0 Å². The molecule has 1 N–H and O–H groups in total. The molecule has 0 bridgehead atoms. The van der Waals surface area contributed by atoms with Gasteiger partial charge >= 0.3 is 0 Å². The zero-order chi connectivity index (χ0) is 30.8. The Balaban J connectivity index is 1.79. The molecule has 0 spiro atoms. The van der Waals surface area contributed by atoms with Gasteiger partial charge in [0.15, 0.2) is 0 Å². The Kier molecular flexibility index (Phi) is 11.2. The molecule has 4 aromatic rings. The number of carbonyl (C=O) groups is 2. The summed E-state index contributed by atoms with van der Waals surface area (Å²) < 4.78 is 35.4. The average molecular weight is 712 g/mol. The number of nitrogens with one attached hydrogen (secondary N) is 1. The van der Waals surface area contributed by atoms with E-state index in [0.717, 1.165) is 19.0 Å². The lowest BCUT2D eigenvalue weighted by atomic mass is 10.0. The Morgan fingerprint density at radius 3 is 2.12 bits per heavy atom. The largest absolute Gasteiger partial charge is 0.497 e. The average Bonchev–Trinajstić information content (AvgIpc) is 3.03. The summed E-state index contributed by atoms with van der Waals surface area (Å²) in [7, 11) is -2.57. The highest BCUT2D eigenvalue weighted by Crippen LogP contribution is 2.26. The molecule has 0 unspecified atom stereocenters. The van der Waals surface area contributed by atoms with E-state index in [1.54, 1.807) is 61.7 Å². The first-order chi connectivity index (χ1) is 20.7. The van der Waals surface area contributed by atoms with Gasteiger partial charge in [-0.05, 0) is 89.2 Å². The molecule has 2 amide bonds. The minimum Gasteiger partial charge on any atom is -0.497 e. The van der Waals surface area contributed by atoms with Crippen LogP contribution >= 0.6 is 22.6 Å². The molecule has 224 valence electrons. The number of anilines is 1. The molecule has 0 aliphatic heterocycles. The number of ether oxygens (including phenoxy) is 1. The molecule has 0 saturated heterocycles. The number of hydrogen-bond donors (Lipinski definition) is 1. The highest BCUT2D eigenvalue weighted by molar-refractivity contribution is 14.1. The molecule has 43 heavy (non-hydrogen) atoms. The second-order valence-corrected chi connectivity index (χ2v) is 12.9. The van der Waals surface area contributed by atoms with Crippen LogP contribution < -0.4 is 14.4 Å². The maximum Gasteiger partial charge on any atom is 0.264 e. The summed E-state index contributed by atoms with van der Waals surface area (Å²) in [6.45, 7) is 1.75. The molecule has 0 fully saturated rings. The van der Waals surface area contributed by atoms with E-state index < -0.39 is 28.5 Å². The summed E-state index contributed by atoms with van der Waals surface area (Å²) in [4.78, 5) is 29.5. The maximum absolute atomic E-state index is 14.4. The molecule has 8 nitrogen and oxygen atoms in total. The third-order valence-electron chi connectivity index (χ3n) is 6.83. The van der Waals surface area contributed by atoms with Gasteiger partial charge in [0.25, 0.3) is 10.0 Å². The lowest BCUT2D eigenvalue weighted by Gasteiger charge is -2.34. The van der Waals surface area contributed by atoms with Crippen molar-refractivity contribution in [3.63, 3.8) is 0 Å². The maximum atomic E-state index is 14.4. The van der Waals surface area contributed by atoms with Crippen LogP contribution in [-0.4, -0.2) is 51.4 Å². The van der Waals surface area contributed by atoms with Crippen molar-refractivity contribution in [1.29, 1.82) is 0 Å². The number of methoxy groups -OCH3 is 1. The molecule has 0 aromatic heterocycles. The van der Waals surface area contributed by atoms with Gasteiger partial charge < -0.3 is 15.0 Å². The van der Waals surface area contributed by atoms with Gasteiger partial charge in [-0.3, -0.25) is 13.9 Å². The molecular weight excluding hydrogens is 677 g/mol. The van der Waals surface area contributed by atoms with Gasteiger partial charge in [0.05, 0.1) is 17.7 Å². The van der Waals surface area contributed by atoms with Crippen molar-refractivity contribution >= 4 is 50.1 Å². The quantitative estimate of drug-likeness (QED) is 0.191. The number of benzene rings is 4. The van der Waals surface area contributed by atoms with Crippen molar-refractivity contribution in [3.05, 3.63) is 124 Å². The van der Waals surface area contributed by atoms with Crippen LogP contribution in [0.2, 0.25) is 0 Å². The van der Waals surface area contributed by atoms with Crippen molar-refractivity contribution in [2.24, 2.45) is 0 Å². The molecule has 10 heteroatoms. The summed E-state index contributed by atoms with van der Waals surface area (Å²) in [5, 5.41) is 2.87. The van der Waals surface area contributed by atoms with Gasteiger partial charge in [0, 0.05) is 23.1 Å². The van der Waals surface area contributed by atoms with Gasteiger partial charge in [0.2, 0.25) is 11.8 Å². The normalized spacial score (nSPS) is 11.8. The molecular formula is C33H34IN3O5S. The number of nitrogens with zero attached hydrogens (tertiary/aromatic N) is 2. The summed E-state index contributed by atoms with van der Waals surface area (Å²) in [5.41, 5.74) is 1.95. The lowest BCUT2D eigenvalue weighted by molar-refractivity contribution is -0.140. The van der Waals surface area contributed by atoms with E-state index in [2.05, 4.69) is 27.9 Å². The molecule has 1 atom stereocenters. The van der Waals surface area contributed by atoms with Crippen LogP contribution in [-0.2, 0) is 32.6 Å². The molecule has 0 saturated carbocycles. The fourth-order valence-electron chi connectivity index (χ4n) is 4.67. The Labute approximate surface area is 266 Å². The second-order valence-electron chi connectivity index (χ2n) is 9.77. The van der Waals surface area contributed by atoms with Gasteiger partial charge in [0.1, 0.15) is 18.3 Å². The monoisotopic (exact) mass is 711 g/mol. The number of hydrogen-bond acceptors (Lipinski definition) is 5. The van der Waals surface area contributed by atoms with E-state index in [0.29, 0.717) is 18.0 Å². The number of carbonyl (C=O) groups excluding carboxylic acids is 2. The highest BCUT2D eigenvalue weighted by Gasteiger charge is 2.34. The van der Waals surface area contributed by atoms with Gasteiger partial charge in [-0.25, -0.2) is 8.42 Å². The topological polar surface area (TPSA) is 96.0 Å². The number of halogens is 1. The first kappa shape index (κ1) is 32.0. The molecule has 0 heterocycles. The number of likely N-dealkylation sites (N-methyl/N-ethyl adjacent to an activating group) is 1. The highest BCUT2D eigenvalue weighted by atomic mass is 127. The van der Waals surface area contributed by atoms with Crippen LogP contribution in [0.3, 0.4) is 0 Å². The van der Waals surface area contributed by atoms with E-state index in [1.165, 1.54) is 17.0 Å². The van der Waals surface area contributed by atoms with Crippen molar-refractivity contribution in [3.8, 4) is 5.75 Å². The van der Waals surface area contributed by atoms with Crippen molar-refractivity contribution < 1.29 is 22.7 Å². The van der Waals surface area contributed by atoms with Crippen molar-refractivity contribution in [1.82, 2.24) is 10.2 Å². The number of amides is 2. The second kappa shape index (κ2) is 15.0. The van der Waals surface area contributed by atoms with E-state index in [1.807, 2.05) is 49.4 Å². The minimum atomic E-state index is -4.13. The first-order valence-electron chi connectivity index (χ1n) is 13.8. The summed E-state index contributed by atoms with van der Waals surface area (Å²) in [5.74, 6) is -0.239. The SMILES string of the molecule is CCNC(=O)[C@@H](Cc1ccccc1)N(Cc1cccc(OC)c1)C(=O)CN(c1ccc(I)cc1)S(=O)(=O)c1ccccc1. The molecule has 0 radical (unpaired) electrons. The van der Waals surface area contributed by atoms with Crippen LogP contribution in [0.4, 0.5) is 5.69 Å². The van der Waals surface area contributed by atoms with E-state index >= 15 is 0 Å². The molecule has 4 rings (SSSR count). The van der Waals surface area contributed by atoms with E-state index in [-0.39, 0.29) is 23.8 Å². The van der Waals surface area contributed by atoms with E-state index in [4.69, 9.17) is 4.74 Å². The summed E-state index contributed by atoms with van der Waals surface area (Å²) in [6, 6.07) is 30.7. The van der Waals surface area contributed by atoms with Gasteiger partial charge in [-0.1, -0.05) is 60.7 Å². The minimum absolute atomic E-state index is 0.0604. The smallest absolute Gasteiger partial charge is 0.264 e. The van der Waals surface area contributed by atoms with Crippen molar-refractivity contribution in [2.75, 3.05) is 24.5 Å². The Morgan fingerprint density at radius 1 is 0.860 bits per heavy atom. The van der Waals surface area contributed by atoms with Crippen LogP contribution in [0.15, 0.2) is 114 Å². The Hall–Kier alpha value is -3.90. The van der Waals surface area contributed by atoms with Crippen LogP contribution in [0.1, 0.15) is 18.1 Å².